The van der Waals surface area contributed by atoms with Crippen molar-refractivity contribution >= 4 is 11.2 Å². The van der Waals surface area contributed by atoms with Gasteiger partial charge in [-0.05, 0) is 6.42 Å². The number of fused-ring (bicyclic) bond motifs is 1. The summed E-state index contributed by atoms with van der Waals surface area (Å²) in [5.41, 5.74) is 1.43. The van der Waals surface area contributed by atoms with Crippen molar-refractivity contribution in [2.24, 2.45) is 0 Å². The minimum Gasteiger partial charge on any atom is -0.250 e. The first kappa shape index (κ1) is 8.04. The van der Waals surface area contributed by atoms with E-state index in [9.17, 15) is 0 Å². The van der Waals surface area contributed by atoms with Crippen molar-refractivity contribution in [1.82, 2.24) is 19.9 Å². The van der Waals surface area contributed by atoms with Crippen molar-refractivity contribution in [3.63, 3.8) is 0 Å². The summed E-state index contributed by atoms with van der Waals surface area (Å²) in [6.07, 6.45) is 6.95. The van der Waals surface area contributed by atoms with E-state index in [0.717, 1.165) is 24.2 Å². The summed E-state index contributed by atoms with van der Waals surface area (Å²) in [4.78, 5) is 16.7. The van der Waals surface area contributed by atoms with E-state index >= 15 is 0 Å². The van der Waals surface area contributed by atoms with Gasteiger partial charge in [0.2, 0.25) is 0 Å². The van der Waals surface area contributed by atoms with Gasteiger partial charge < -0.3 is 0 Å². The highest BCUT2D eigenvalue weighted by atomic mass is 15.0. The van der Waals surface area contributed by atoms with Gasteiger partial charge in [-0.1, -0.05) is 6.92 Å². The summed E-state index contributed by atoms with van der Waals surface area (Å²) >= 11 is 0. The summed E-state index contributed by atoms with van der Waals surface area (Å²) < 4.78 is 0. The smallest absolute Gasteiger partial charge is 0.181 e. The molecule has 0 unspecified atom stereocenters. The fourth-order valence-electron chi connectivity index (χ4n) is 1.15. The van der Waals surface area contributed by atoms with Crippen molar-refractivity contribution in [1.29, 1.82) is 0 Å². The lowest BCUT2D eigenvalue weighted by molar-refractivity contribution is 0.840. The molecular weight excluding hydrogens is 164 g/mol. The number of hydrogen-bond acceptors (Lipinski definition) is 4. The number of hydrogen-bond donors (Lipinski definition) is 0. The van der Waals surface area contributed by atoms with E-state index in [0.29, 0.717) is 5.65 Å². The normalized spacial score (nSPS) is 10.5. The summed E-state index contributed by atoms with van der Waals surface area (Å²) in [5.74, 6) is 0.843. The molecule has 13 heavy (non-hydrogen) atoms. The van der Waals surface area contributed by atoms with Crippen LogP contribution in [-0.2, 0) is 6.42 Å². The zero-order valence-corrected chi connectivity index (χ0v) is 7.44. The first-order chi connectivity index (χ1) is 6.40. The van der Waals surface area contributed by atoms with Crippen LogP contribution in [0.1, 0.15) is 19.2 Å². The molecule has 66 valence electrons. The highest BCUT2D eigenvalue weighted by Crippen LogP contribution is 2.04. The topological polar surface area (TPSA) is 51.6 Å². The van der Waals surface area contributed by atoms with E-state index in [1.54, 1.807) is 18.6 Å². The van der Waals surface area contributed by atoms with Crippen LogP contribution in [0.4, 0.5) is 0 Å². The Morgan fingerprint density at radius 3 is 2.85 bits per heavy atom. The molecule has 0 aliphatic heterocycles. The highest BCUT2D eigenvalue weighted by molar-refractivity contribution is 5.67. The highest BCUT2D eigenvalue weighted by Gasteiger charge is 1.99. The molecule has 0 aliphatic rings. The zero-order chi connectivity index (χ0) is 9.10. The van der Waals surface area contributed by atoms with Crippen molar-refractivity contribution in [3.05, 3.63) is 24.4 Å². The molecule has 0 aliphatic carbocycles. The maximum Gasteiger partial charge on any atom is 0.181 e. The van der Waals surface area contributed by atoms with E-state index in [4.69, 9.17) is 0 Å². The van der Waals surface area contributed by atoms with Gasteiger partial charge in [-0.15, -0.1) is 0 Å². The van der Waals surface area contributed by atoms with Gasteiger partial charge in [0.25, 0.3) is 0 Å². The van der Waals surface area contributed by atoms with E-state index in [2.05, 4.69) is 26.9 Å². The molecule has 0 spiro atoms. The Bertz CT molecular complexity index is 413. The third-order valence-corrected chi connectivity index (χ3v) is 1.75. The molecule has 0 atom stereocenters. The lowest BCUT2D eigenvalue weighted by Gasteiger charge is -1.97. The Morgan fingerprint density at radius 2 is 2.00 bits per heavy atom. The third kappa shape index (κ3) is 1.61. The molecule has 2 rings (SSSR count). The lowest BCUT2D eigenvalue weighted by atomic mass is 10.3. The van der Waals surface area contributed by atoms with E-state index in [1.807, 2.05) is 0 Å². The number of rotatable bonds is 2. The molecule has 0 saturated heterocycles. The van der Waals surface area contributed by atoms with Gasteiger partial charge in [-0.3, -0.25) is 0 Å². The minimum atomic E-state index is 0.681. The van der Waals surface area contributed by atoms with Crippen LogP contribution < -0.4 is 0 Å². The van der Waals surface area contributed by atoms with Gasteiger partial charge in [0, 0.05) is 18.8 Å². The Hall–Kier alpha value is -1.58. The SMILES string of the molecule is CCCc1ncc2nccnc2n1. The Labute approximate surface area is 76.1 Å². The van der Waals surface area contributed by atoms with Crippen molar-refractivity contribution in [3.8, 4) is 0 Å². The molecule has 0 saturated carbocycles. The zero-order valence-electron chi connectivity index (χ0n) is 7.44. The van der Waals surface area contributed by atoms with E-state index < -0.39 is 0 Å². The maximum atomic E-state index is 4.28. The molecule has 2 heterocycles. The summed E-state index contributed by atoms with van der Waals surface area (Å²) in [7, 11) is 0. The molecule has 0 N–H and O–H groups in total. The van der Waals surface area contributed by atoms with Crippen LogP contribution in [0.2, 0.25) is 0 Å². The first-order valence-corrected chi connectivity index (χ1v) is 4.33. The number of nitrogens with zero attached hydrogens (tertiary/aromatic N) is 4. The molecule has 0 aromatic carbocycles. The fourth-order valence-corrected chi connectivity index (χ4v) is 1.15. The summed E-state index contributed by atoms with van der Waals surface area (Å²) in [6.45, 7) is 2.10. The Kier molecular flexibility index (Phi) is 2.12. The maximum absolute atomic E-state index is 4.28. The van der Waals surface area contributed by atoms with Gasteiger partial charge in [0.05, 0.1) is 6.20 Å². The van der Waals surface area contributed by atoms with Crippen molar-refractivity contribution < 1.29 is 0 Å². The van der Waals surface area contributed by atoms with Crippen LogP contribution in [0.5, 0.6) is 0 Å². The van der Waals surface area contributed by atoms with Crippen LogP contribution >= 0.6 is 0 Å². The average molecular weight is 174 g/mol. The average Bonchev–Trinajstić information content (AvgIpc) is 2.18. The summed E-state index contributed by atoms with van der Waals surface area (Å²) in [5, 5.41) is 0. The molecular formula is C9H10N4. The molecule has 0 amide bonds. The van der Waals surface area contributed by atoms with Gasteiger partial charge >= 0.3 is 0 Å². The van der Waals surface area contributed by atoms with Crippen LogP contribution in [-0.4, -0.2) is 19.9 Å². The summed E-state index contributed by atoms with van der Waals surface area (Å²) in [6, 6.07) is 0. The minimum absolute atomic E-state index is 0.681. The molecule has 4 heteroatoms. The van der Waals surface area contributed by atoms with Gasteiger partial charge in [-0.25, -0.2) is 19.9 Å². The molecule has 0 bridgehead atoms. The largest absolute Gasteiger partial charge is 0.250 e. The van der Waals surface area contributed by atoms with Crippen LogP contribution in [0.3, 0.4) is 0 Å². The second-order valence-electron chi connectivity index (χ2n) is 2.80. The van der Waals surface area contributed by atoms with Gasteiger partial charge in [-0.2, -0.15) is 0 Å². The molecule has 2 aromatic heterocycles. The predicted octanol–water partition coefficient (Wildman–Crippen LogP) is 1.37. The van der Waals surface area contributed by atoms with Gasteiger partial charge in [0.15, 0.2) is 5.65 Å². The van der Waals surface area contributed by atoms with Crippen molar-refractivity contribution in [2.75, 3.05) is 0 Å². The Balaban J connectivity index is 2.49. The quantitative estimate of drug-likeness (QED) is 0.690. The number of aromatic nitrogens is 4. The standard InChI is InChI=1S/C9H10N4/c1-2-3-8-12-6-7-9(13-8)11-5-4-10-7/h4-6H,2-3H2,1H3. The number of aryl methyl sites for hydroxylation is 1. The molecule has 2 aromatic rings. The first-order valence-electron chi connectivity index (χ1n) is 4.33. The van der Waals surface area contributed by atoms with Crippen LogP contribution in [0.15, 0.2) is 18.6 Å². The molecule has 0 fully saturated rings. The molecule has 0 radical (unpaired) electrons. The second kappa shape index (κ2) is 3.43. The van der Waals surface area contributed by atoms with E-state index in [-0.39, 0.29) is 0 Å². The van der Waals surface area contributed by atoms with E-state index in [1.165, 1.54) is 0 Å². The molecule has 4 nitrogen and oxygen atoms in total. The predicted molar refractivity (Wildman–Crippen MR) is 49.1 cm³/mol. The lowest BCUT2D eigenvalue weighted by Crippen LogP contribution is -1.96. The van der Waals surface area contributed by atoms with Gasteiger partial charge in [0.1, 0.15) is 11.3 Å². The van der Waals surface area contributed by atoms with Crippen LogP contribution in [0, 0.1) is 0 Å². The van der Waals surface area contributed by atoms with Crippen molar-refractivity contribution in [2.45, 2.75) is 19.8 Å². The fraction of sp³-hybridized carbons (Fsp3) is 0.333. The third-order valence-electron chi connectivity index (χ3n) is 1.75. The monoisotopic (exact) mass is 174 g/mol. The second-order valence-corrected chi connectivity index (χ2v) is 2.80. The van der Waals surface area contributed by atoms with Crippen LogP contribution in [0.25, 0.3) is 11.2 Å². The Morgan fingerprint density at radius 1 is 1.15 bits per heavy atom.